The largest absolute Gasteiger partial charge is 0.497 e. The fourth-order valence-corrected chi connectivity index (χ4v) is 7.71. The van der Waals surface area contributed by atoms with Crippen molar-refractivity contribution in [3.05, 3.63) is 51.5 Å². The van der Waals surface area contributed by atoms with Crippen LogP contribution in [0.1, 0.15) is 70.7 Å². The molecule has 3 aromatic rings. The molecule has 3 fully saturated rings. The number of nitrogens with one attached hydrogen (secondary N) is 2. The second kappa shape index (κ2) is 9.42. The molecular formula is C30H25ClN5O6S+. The molecule has 218 valence electrons. The number of hydrogen-bond donors (Lipinski definition) is 2. The molecule has 0 radical (unpaired) electrons. The highest BCUT2D eigenvalue weighted by molar-refractivity contribution is 7.19. The van der Waals surface area contributed by atoms with Crippen molar-refractivity contribution in [2.45, 2.75) is 62.6 Å². The second-order valence-corrected chi connectivity index (χ2v) is 13.1. The van der Waals surface area contributed by atoms with Crippen LogP contribution in [-0.2, 0) is 15.1 Å². The van der Waals surface area contributed by atoms with E-state index in [0.29, 0.717) is 16.5 Å². The average Bonchev–Trinajstić information content (AvgIpc) is 3.86. The van der Waals surface area contributed by atoms with Gasteiger partial charge in [-0.1, -0.05) is 11.6 Å². The number of imide groups is 2. The third kappa shape index (κ3) is 4.18. The zero-order chi connectivity index (χ0) is 29.6. The topological polar surface area (TPSA) is 138 Å². The normalized spacial score (nSPS) is 24.9. The Balaban J connectivity index is 1.03. The summed E-state index contributed by atoms with van der Waals surface area (Å²) in [5, 5.41) is 6.43. The van der Waals surface area contributed by atoms with Crippen LogP contribution in [0.3, 0.4) is 0 Å². The van der Waals surface area contributed by atoms with E-state index in [1.54, 1.807) is 16.7 Å². The monoisotopic (exact) mass is 618 g/mol. The van der Waals surface area contributed by atoms with Gasteiger partial charge >= 0.3 is 6.03 Å². The van der Waals surface area contributed by atoms with Crippen LogP contribution in [0.4, 0.5) is 10.5 Å². The first-order chi connectivity index (χ1) is 20.7. The van der Waals surface area contributed by atoms with E-state index >= 15 is 0 Å². The number of hydrogen-bond acceptors (Lipinski definition) is 8. The number of carbonyl (C=O) groups excluding carboxylic acids is 5. The minimum Gasteiger partial charge on any atom is -0.488 e. The maximum atomic E-state index is 13.5. The fourth-order valence-electron chi connectivity index (χ4n) is 6.18. The van der Waals surface area contributed by atoms with Crippen molar-refractivity contribution in [3.63, 3.8) is 0 Å². The van der Waals surface area contributed by atoms with Crippen molar-refractivity contribution in [1.82, 2.24) is 15.2 Å². The Kier molecular flexibility index (Phi) is 5.80. The minimum absolute atomic E-state index is 0.0384. The second-order valence-electron chi connectivity index (χ2n) is 11.7. The number of ether oxygens (including phenoxy) is 1. The summed E-state index contributed by atoms with van der Waals surface area (Å²) < 4.78 is 8.74. The van der Waals surface area contributed by atoms with Gasteiger partial charge in [0.05, 0.1) is 21.9 Å². The molecule has 0 spiro atoms. The van der Waals surface area contributed by atoms with Crippen molar-refractivity contribution >= 4 is 74.7 Å². The number of fused-ring (bicyclic) bond motifs is 2. The molecule has 43 heavy (non-hydrogen) atoms. The summed E-state index contributed by atoms with van der Waals surface area (Å²) in [6, 6.07) is 6.72. The summed E-state index contributed by atoms with van der Waals surface area (Å²) >= 11 is 7.92. The predicted octanol–water partition coefficient (Wildman–Crippen LogP) is 4.22. The Morgan fingerprint density at radius 1 is 1.07 bits per heavy atom. The standard InChI is InChI=1S/C30H24ClN5O6S/c31-15-10-21(42-17-2-1-3-17)24-22(11-15)43-28(34-24)30(14-4-5-14)13-35(30)29(41)32-16-6-7-18-19(12-16)27(40)36(26(18)39)20-8-9-23(37)33-25(20)38/h6-7,10-14,17,20H,1-5,8-9H2,(H-,32,33,37,38,39,41)/p+1/t20?,30-/m1/s1. The number of piperidine rings is 1. The number of aromatic nitrogens is 1. The van der Waals surface area contributed by atoms with Crippen molar-refractivity contribution in [1.29, 1.82) is 0 Å². The third-order valence-corrected chi connectivity index (χ3v) is 10.2. The highest BCUT2D eigenvalue weighted by atomic mass is 35.5. The Morgan fingerprint density at radius 3 is 2.58 bits per heavy atom. The predicted molar refractivity (Wildman–Crippen MR) is 156 cm³/mol. The Hall–Kier alpha value is -4.16. The maximum absolute atomic E-state index is 13.5. The van der Waals surface area contributed by atoms with Gasteiger partial charge in [-0.2, -0.15) is 9.37 Å². The summed E-state index contributed by atoms with van der Waals surface area (Å²) in [6.07, 6.45) is 7.27. The van der Waals surface area contributed by atoms with E-state index in [1.165, 1.54) is 23.5 Å². The molecule has 1 unspecified atom stereocenters. The van der Waals surface area contributed by atoms with Gasteiger partial charge in [0.25, 0.3) is 11.8 Å². The molecule has 8 rings (SSSR count). The van der Waals surface area contributed by atoms with Gasteiger partial charge in [-0.25, -0.2) is 10.3 Å². The highest BCUT2D eigenvalue weighted by Crippen LogP contribution is 2.54. The summed E-state index contributed by atoms with van der Waals surface area (Å²) in [7, 11) is 0. The van der Waals surface area contributed by atoms with E-state index in [1.807, 2.05) is 12.3 Å². The first-order valence-electron chi connectivity index (χ1n) is 14.3. The molecular weight excluding hydrogens is 594 g/mol. The quantitative estimate of drug-likeness (QED) is 0.312. The molecule has 13 heteroatoms. The van der Waals surface area contributed by atoms with Crippen LogP contribution in [0.2, 0.25) is 5.02 Å². The number of thiazole rings is 1. The van der Waals surface area contributed by atoms with E-state index < -0.39 is 35.2 Å². The Labute approximate surface area is 253 Å². The molecule has 0 bridgehead atoms. The van der Waals surface area contributed by atoms with Crippen LogP contribution >= 0.6 is 22.9 Å². The van der Waals surface area contributed by atoms with Crippen molar-refractivity contribution < 1.29 is 33.3 Å². The van der Waals surface area contributed by atoms with Crippen molar-refractivity contribution in [2.75, 3.05) is 5.32 Å². The molecule has 11 nitrogen and oxygen atoms in total. The molecule has 1 aromatic heterocycles. The number of rotatable bonds is 6. The smallest absolute Gasteiger partial charge is 0.488 e. The lowest BCUT2D eigenvalue weighted by atomic mass is 9.96. The number of amides is 6. The zero-order valence-corrected chi connectivity index (χ0v) is 24.3. The van der Waals surface area contributed by atoms with E-state index in [-0.39, 0.29) is 42.0 Å². The number of benzene rings is 2. The molecule has 2 aromatic carbocycles. The lowest BCUT2D eigenvalue weighted by molar-refractivity contribution is -0.414. The van der Waals surface area contributed by atoms with Gasteiger partial charge in [0, 0.05) is 23.4 Å². The lowest BCUT2D eigenvalue weighted by Crippen LogP contribution is -2.54. The molecule has 2 atom stereocenters. The number of urea groups is 1. The van der Waals surface area contributed by atoms with E-state index in [4.69, 9.17) is 21.3 Å². The van der Waals surface area contributed by atoms with Crippen molar-refractivity contribution in [2.24, 2.45) is 5.92 Å². The molecule has 2 N–H and O–H groups in total. The summed E-state index contributed by atoms with van der Waals surface area (Å²) in [5.74, 6) is -1.44. The van der Waals surface area contributed by atoms with Crippen LogP contribution in [0.5, 0.6) is 5.75 Å². The SMILES string of the molecule is O=C1CCC(N2C(=O)c3ccc(NC(=O)[N+]4=C[C@]4(c4nc5c(OC6CCC6)cc(Cl)cc5s4)C4CC4)cc3C2=O)C(=O)N1. The Bertz CT molecular complexity index is 1850. The van der Waals surface area contributed by atoms with Gasteiger partial charge < -0.3 is 4.74 Å². The molecule has 6 amide bonds. The molecule has 5 aliphatic rings. The van der Waals surface area contributed by atoms with Gasteiger partial charge in [-0.05, 0) is 62.8 Å². The first-order valence-corrected chi connectivity index (χ1v) is 15.5. The summed E-state index contributed by atoms with van der Waals surface area (Å²) in [4.78, 5) is 69.5. The van der Waals surface area contributed by atoms with Crippen LogP contribution in [0, 0.1) is 5.92 Å². The molecule has 3 aliphatic heterocycles. The molecule has 2 aliphatic carbocycles. The molecule has 1 saturated heterocycles. The van der Waals surface area contributed by atoms with Gasteiger partial charge in [-0.3, -0.25) is 29.4 Å². The van der Waals surface area contributed by atoms with Gasteiger partial charge in [-0.15, -0.1) is 11.3 Å². The Morgan fingerprint density at radius 2 is 1.86 bits per heavy atom. The summed E-state index contributed by atoms with van der Waals surface area (Å²) in [5.41, 5.74) is 0.690. The van der Waals surface area contributed by atoms with E-state index in [2.05, 4.69) is 10.6 Å². The van der Waals surface area contributed by atoms with E-state index in [0.717, 1.165) is 52.2 Å². The van der Waals surface area contributed by atoms with Gasteiger partial charge in [0.2, 0.25) is 17.4 Å². The minimum atomic E-state index is -1.06. The zero-order valence-electron chi connectivity index (χ0n) is 22.7. The average molecular weight is 619 g/mol. The number of nitrogens with zero attached hydrogens (tertiary/aromatic N) is 3. The van der Waals surface area contributed by atoms with Gasteiger partial charge in [0.1, 0.15) is 29.2 Å². The van der Waals surface area contributed by atoms with Crippen molar-refractivity contribution in [3.8, 4) is 5.75 Å². The van der Waals surface area contributed by atoms with Crippen LogP contribution < -0.4 is 15.4 Å². The third-order valence-electron chi connectivity index (χ3n) is 8.88. The summed E-state index contributed by atoms with van der Waals surface area (Å²) in [6.45, 7) is 0. The number of carbonyl (C=O) groups is 5. The van der Waals surface area contributed by atoms with Crippen LogP contribution in [-0.4, -0.2) is 62.5 Å². The molecule has 4 heterocycles. The number of anilines is 1. The fraction of sp³-hybridized carbons (Fsp3) is 0.367. The van der Waals surface area contributed by atoms with Crippen LogP contribution in [0.15, 0.2) is 30.3 Å². The number of halogens is 1. The maximum Gasteiger partial charge on any atom is 0.497 e. The molecule has 2 saturated carbocycles. The van der Waals surface area contributed by atoms with E-state index in [9.17, 15) is 24.0 Å². The van der Waals surface area contributed by atoms with Crippen LogP contribution in [0.25, 0.3) is 10.2 Å². The highest BCUT2D eigenvalue weighted by Gasteiger charge is 2.66. The first kappa shape index (κ1) is 26.5. The van der Waals surface area contributed by atoms with Gasteiger partial charge in [0.15, 0.2) is 5.01 Å². The lowest BCUT2D eigenvalue weighted by Gasteiger charge is -2.27.